The summed E-state index contributed by atoms with van der Waals surface area (Å²) < 4.78 is 42.5. The highest BCUT2D eigenvalue weighted by Gasteiger charge is 2.23. The monoisotopic (exact) mass is 462 g/mol. The van der Waals surface area contributed by atoms with Crippen molar-refractivity contribution in [3.05, 3.63) is 76.8 Å². The van der Waals surface area contributed by atoms with Gasteiger partial charge in [0, 0.05) is 23.5 Å². The number of nitrogens with one attached hydrogen (secondary N) is 1. The summed E-state index contributed by atoms with van der Waals surface area (Å²) in [5.41, 5.74) is 1.74. The van der Waals surface area contributed by atoms with Crippen molar-refractivity contribution >= 4 is 33.3 Å². The lowest BCUT2D eigenvalue weighted by Gasteiger charge is -2.18. The predicted octanol–water partition coefficient (Wildman–Crippen LogP) is 5.23. The summed E-state index contributed by atoms with van der Waals surface area (Å²) in [4.78, 5) is 15.5. The first-order chi connectivity index (χ1) is 14.6. The molecule has 162 valence electrons. The van der Waals surface area contributed by atoms with Gasteiger partial charge in [-0.05, 0) is 42.7 Å². The van der Waals surface area contributed by atoms with Crippen LogP contribution in [0.15, 0.2) is 59.8 Å². The van der Waals surface area contributed by atoms with E-state index >= 15 is 0 Å². The van der Waals surface area contributed by atoms with E-state index in [-0.39, 0.29) is 21.2 Å². The molecule has 6 nitrogen and oxygen atoms in total. The second-order valence-corrected chi connectivity index (χ2v) is 9.07. The first kappa shape index (κ1) is 22.7. The summed E-state index contributed by atoms with van der Waals surface area (Å²) in [7, 11) is -4.06. The zero-order valence-electron chi connectivity index (χ0n) is 16.8. The number of carboxylic acids is 1. The van der Waals surface area contributed by atoms with Crippen LogP contribution < -0.4 is 4.72 Å². The van der Waals surface area contributed by atoms with Gasteiger partial charge in [-0.25, -0.2) is 12.8 Å². The maximum absolute atomic E-state index is 14.1. The molecule has 0 fully saturated rings. The topological polar surface area (TPSA) is 96.4 Å². The molecule has 0 bridgehead atoms. The van der Waals surface area contributed by atoms with Gasteiger partial charge in [0.2, 0.25) is 0 Å². The number of hydrogen-bond acceptors (Lipinski definition) is 4. The Morgan fingerprint density at radius 2 is 1.94 bits per heavy atom. The molecule has 0 saturated carbocycles. The number of halogens is 2. The number of pyridine rings is 1. The molecule has 1 atom stereocenters. The van der Waals surface area contributed by atoms with E-state index < -0.39 is 27.7 Å². The van der Waals surface area contributed by atoms with E-state index in [9.17, 15) is 22.7 Å². The Hall–Kier alpha value is -2.97. The molecule has 2 aromatic carbocycles. The van der Waals surface area contributed by atoms with Gasteiger partial charge >= 0.3 is 5.97 Å². The van der Waals surface area contributed by atoms with Gasteiger partial charge in [0.05, 0.1) is 16.6 Å². The third kappa shape index (κ3) is 4.86. The minimum absolute atomic E-state index is 0.0560. The highest BCUT2D eigenvalue weighted by molar-refractivity contribution is 7.92. The van der Waals surface area contributed by atoms with Gasteiger partial charge in [0.1, 0.15) is 10.7 Å². The zero-order valence-corrected chi connectivity index (χ0v) is 18.3. The van der Waals surface area contributed by atoms with Crippen LogP contribution in [0.1, 0.15) is 30.4 Å². The van der Waals surface area contributed by atoms with E-state index in [1.807, 2.05) is 0 Å². The highest BCUT2D eigenvalue weighted by Crippen LogP contribution is 2.38. The van der Waals surface area contributed by atoms with Crippen molar-refractivity contribution in [2.24, 2.45) is 0 Å². The van der Waals surface area contributed by atoms with Crippen LogP contribution in [0.3, 0.4) is 0 Å². The maximum atomic E-state index is 14.1. The molecule has 0 aliphatic carbocycles. The average molecular weight is 463 g/mol. The van der Waals surface area contributed by atoms with Gasteiger partial charge in [-0.2, -0.15) is 0 Å². The molecule has 31 heavy (non-hydrogen) atoms. The van der Waals surface area contributed by atoms with Crippen LogP contribution in [0.2, 0.25) is 5.02 Å². The first-order valence-corrected chi connectivity index (χ1v) is 11.3. The van der Waals surface area contributed by atoms with Gasteiger partial charge in [-0.1, -0.05) is 42.8 Å². The Kier molecular flexibility index (Phi) is 6.62. The van der Waals surface area contributed by atoms with Crippen LogP contribution >= 0.6 is 11.6 Å². The van der Waals surface area contributed by atoms with E-state index in [1.165, 1.54) is 42.7 Å². The van der Waals surface area contributed by atoms with E-state index in [4.69, 9.17) is 11.6 Å². The summed E-state index contributed by atoms with van der Waals surface area (Å²) in [6.45, 7) is 3.43. The van der Waals surface area contributed by atoms with Crippen molar-refractivity contribution in [2.45, 2.75) is 31.1 Å². The number of hydrogen-bond donors (Lipinski definition) is 2. The summed E-state index contributed by atoms with van der Waals surface area (Å²) in [6, 6.07) is 10.2. The molecule has 0 aliphatic rings. The van der Waals surface area contributed by atoms with Crippen LogP contribution in [-0.4, -0.2) is 24.5 Å². The molecule has 3 aromatic rings. The van der Waals surface area contributed by atoms with Crippen molar-refractivity contribution in [2.75, 3.05) is 4.72 Å². The van der Waals surface area contributed by atoms with Crippen molar-refractivity contribution < 1.29 is 22.7 Å². The zero-order chi connectivity index (χ0) is 22.8. The normalized spacial score (nSPS) is 12.4. The quantitative estimate of drug-likeness (QED) is 0.501. The van der Waals surface area contributed by atoms with E-state index in [0.717, 1.165) is 0 Å². The summed E-state index contributed by atoms with van der Waals surface area (Å²) in [5.74, 6) is -2.52. The van der Waals surface area contributed by atoms with E-state index in [0.29, 0.717) is 23.1 Å². The molecular formula is C22H20ClFN2O4S. The first-order valence-electron chi connectivity index (χ1n) is 9.39. The SMILES string of the molecule is CCC(C(=O)O)c1ccc(-c2cccc(F)c2Cl)c(NS(=O)(=O)c2cncc(C)c2)c1. The number of carbonyl (C=O) groups is 1. The van der Waals surface area contributed by atoms with Gasteiger partial charge in [-0.15, -0.1) is 0 Å². The number of aryl methyl sites for hydroxylation is 1. The van der Waals surface area contributed by atoms with E-state index in [1.54, 1.807) is 26.0 Å². The van der Waals surface area contributed by atoms with Crippen molar-refractivity contribution in [3.8, 4) is 11.1 Å². The third-order valence-electron chi connectivity index (χ3n) is 4.80. The fourth-order valence-corrected chi connectivity index (χ4v) is 4.59. The molecule has 0 spiro atoms. The lowest BCUT2D eigenvalue weighted by Crippen LogP contribution is -2.16. The molecule has 2 N–H and O–H groups in total. The summed E-state index contributed by atoms with van der Waals surface area (Å²) in [5, 5.41) is 9.34. The molecule has 0 radical (unpaired) electrons. The lowest BCUT2D eigenvalue weighted by atomic mass is 9.93. The van der Waals surface area contributed by atoms with Crippen molar-refractivity contribution in [3.63, 3.8) is 0 Å². The van der Waals surface area contributed by atoms with Crippen molar-refractivity contribution in [1.82, 2.24) is 4.98 Å². The molecule has 1 aromatic heterocycles. The van der Waals surface area contributed by atoms with Gasteiger partial charge in [0.15, 0.2) is 0 Å². The van der Waals surface area contributed by atoms with Crippen LogP contribution in [0.5, 0.6) is 0 Å². The number of rotatable bonds is 7. The Morgan fingerprint density at radius 1 is 1.19 bits per heavy atom. The Labute approximate surface area is 184 Å². The fourth-order valence-electron chi connectivity index (χ4n) is 3.24. The number of nitrogens with zero attached hydrogens (tertiary/aromatic N) is 1. The number of anilines is 1. The molecule has 3 rings (SSSR count). The molecule has 0 aliphatic heterocycles. The van der Waals surface area contributed by atoms with Crippen LogP contribution in [0.4, 0.5) is 10.1 Å². The lowest BCUT2D eigenvalue weighted by molar-refractivity contribution is -0.138. The second-order valence-electron chi connectivity index (χ2n) is 7.01. The molecular weight excluding hydrogens is 443 g/mol. The van der Waals surface area contributed by atoms with Crippen molar-refractivity contribution in [1.29, 1.82) is 0 Å². The van der Waals surface area contributed by atoms with Gasteiger partial charge in [0.25, 0.3) is 10.0 Å². The minimum Gasteiger partial charge on any atom is -0.481 e. The average Bonchev–Trinajstić information content (AvgIpc) is 2.71. The maximum Gasteiger partial charge on any atom is 0.310 e. The number of benzene rings is 2. The Bertz CT molecular complexity index is 1250. The predicted molar refractivity (Wildman–Crippen MR) is 117 cm³/mol. The third-order valence-corrected chi connectivity index (χ3v) is 6.52. The molecule has 0 saturated heterocycles. The highest BCUT2D eigenvalue weighted by atomic mass is 35.5. The standard InChI is InChI=1S/C22H20ClFN2O4S/c1-3-16(22(27)28)14-7-8-17(18-5-4-6-19(24)21(18)23)20(10-14)26-31(29,30)15-9-13(2)11-25-12-15/h4-12,16,26H,3H2,1-2H3,(H,27,28). The van der Waals surface area contributed by atoms with Crippen LogP contribution in [0, 0.1) is 12.7 Å². The number of carboxylic acid groups (broad SMARTS) is 1. The minimum atomic E-state index is -4.06. The fraction of sp³-hybridized carbons (Fsp3) is 0.182. The molecule has 9 heteroatoms. The Morgan fingerprint density at radius 3 is 2.58 bits per heavy atom. The van der Waals surface area contributed by atoms with Crippen LogP contribution in [-0.2, 0) is 14.8 Å². The largest absolute Gasteiger partial charge is 0.481 e. The molecule has 0 amide bonds. The number of aromatic nitrogens is 1. The van der Waals surface area contributed by atoms with Gasteiger partial charge < -0.3 is 5.11 Å². The summed E-state index contributed by atoms with van der Waals surface area (Å²) >= 11 is 6.13. The second kappa shape index (κ2) is 9.03. The number of sulfonamides is 1. The molecule has 1 heterocycles. The van der Waals surface area contributed by atoms with Crippen LogP contribution in [0.25, 0.3) is 11.1 Å². The smallest absolute Gasteiger partial charge is 0.310 e. The van der Waals surface area contributed by atoms with E-state index in [2.05, 4.69) is 9.71 Å². The molecule has 1 unspecified atom stereocenters. The summed E-state index contributed by atoms with van der Waals surface area (Å²) in [6.07, 6.45) is 3.04. The Balaban J connectivity index is 2.19. The number of aliphatic carboxylic acids is 1. The van der Waals surface area contributed by atoms with Gasteiger partial charge in [-0.3, -0.25) is 14.5 Å².